The van der Waals surface area contributed by atoms with E-state index < -0.39 is 40.5 Å². The van der Waals surface area contributed by atoms with Crippen molar-refractivity contribution in [1.29, 1.82) is 5.26 Å². The lowest BCUT2D eigenvalue weighted by atomic mass is 9.49. The van der Waals surface area contributed by atoms with Crippen molar-refractivity contribution in [2.24, 2.45) is 10.8 Å². The van der Waals surface area contributed by atoms with Crippen LogP contribution in [0.4, 0.5) is 5.69 Å². The SMILES string of the molecule is CC1(C)C(Oc2ccc(C#N)c(Cl)c2)C(C)(C)C1N1Cc2cc(C(=O)NCCNC3CCN(c4ccc5c(c4)C(=O)N(C4CCC(=O)NC4=O)C5=O)CC3)ccc2C1=O. The Morgan fingerprint density at radius 3 is 2.29 bits per heavy atom. The van der Waals surface area contributed by atoms with Crippen LogP contribution < -0.4 is 25.6 Å². The van der Waals surface area contributed by atoms with Gasteiger partial charge in [0.1, 0.15) is 24.0 Å². The quantitative estimate of drug-likeness (QED) is 0.196. The minimum atomic E-state index is -1.00. The molecule has 59 heavy (non-hydrogen) atoms. The number of anilines is 1. The Morgan fingerprint density at radius 1 is 0.881 bits per heavy atom. The second-order valence-electron chi connectivity index (χ2n) is 17.3. The van der Waals surface area contributed by atoms with E-state index in [-0.39, 0.29) is 54.0 Å². The van der Waals surface area contributed by atoms with E-state index in [2.05, 4.69) is 54.6 Å². The number of rotatable bonds is 10. The van der Waals surface area contributed by atoms with Crippen molar-refractivity contribution >= 4 is 52.7 Å². The predicted octanol–water partition coefficient (Wildman–Crippen LogP) is 4.44. The number of piperidine rings is 2. The molecule has 3 aromatic carbocycles. The van der Waals surface area contributed by atoms with Crippen LogP contribution in [0.25, 0.3) is 0 Å². The van der Waals surface area contributed by atoms with Crippen LogP contribution in [0.15, 0.2) is 54.6 Å². The second-order valence-corrected chi connectivity index (χ2v) is 17.7. The molecule has 15 heteroatoms. The normalized spacial score (nSPS) is 23.4. The van der Waals surface area contributed by atoms with Crippen molar-refractivity contribution < 1.29 is 33.5 Å². The molecular weight excluding hydrogens is 774 g/mol. The molecule has 1 saturated carbocycles. The summed E-state index contributed by atoms with van der Waals surface area (Å²) >= 11 is 6.27. The number of carbonyl (C=O) groups is 6. The smallest absolute Gasteiger partial charge is 0.262 e. The van der Waals surface area contributed by atoms with Gasteiger partial charge in [-0.2, -0.15) is 5.26 Å². The first-order valence-electron chi connectivity index (χ1n) is 20.0. The summed E-state index contributed by atoms with van der Waals surface area (Å²) in [6.45, 7) is 11.2. The maximum Gasteiger partial charge on any atom is 0.262 e. The number of nitrogens with zero attached hydrogens (tertiary/aromatic N) is 4. The van der Waals surface area contributed by atoms with Gasteiger partial charge in [0.2, 0.25) is 11.8 Å². The van der Waals surface area contributed by atoms with Gasteiger partial charge < -0.3 is 25.2 Å². The summed E-state index contributed by atoms with van der Waals surface area (Å²) in [4.78, 5) is 82.5. The van der Waals surface area contributed by atoms with Crippen LogP contribution >= 0.6 is 11.6 Å². The van der Waals surface area contributed by atoms with E-state index >= 15 is 0 Å². The van der Waals surface area contributed by atoms with Crippen molar-refractivity contribution in [3.63, 3.8) is 0 Å². The number of fused-ring (bicyclic) bond motifs is 2. The Balaban J connectivity index is 0.805. The number of benzene rings is 3. The molecule has 2 saturated heterocycles. The van der Waals surface area contributed by atoms with Gasteiger partial charge >= 0.3 is 0 Å². The molecule has 0 spiro atoms. The summed E-state index contributed by atoms with van der Waals surface area (Å²) in [5.74, 6) is -1.80. The lowest BCUT2D eigenvalue weighted by molar-refractivity contribution is -0.199. The molecule has 14 nitrogen and oxygen atoms in total. The third kappa shape index (κ3) is 6.99. The standard InChI is InChI=1S/C44H46ClN7O7/c1-43(2)41(44(3,4)42(43)59-29-8-5-25(22-46)33(45)21-29)51-23-26-19-24(6-9-30(26)38(51)56)36(54)48-16-15-47-27-13-17-50(18-14-27)28-7-10-31-32(20-28)40(58)52(39(31)57)34-11-12-35(53)49-37(34)55/h5-10,19-21,27,34,41-42,47H,11-18,23H2,1-4H3,(H,48,54)(H,49,53,55). The molecule has 3 fully saturated rings. The first kappa shape index (κ1) is 40.0. The highest BCUT2D eigenvalue weighted by Crippen LogP contribution is 2.59. The number of hydrogen-bond donors (Lipinski definition) is 3. The van der Waals surface area contributed by atoms with Crippen LogP contribution in [0.5, 0.6) is 5.75 Å². The van der Waals surface area contributed by atoms with E-state index in [9.17, 15) is 34.0 Å². The summed E-state index contributed by atoms with van der Waals surface area (Å²) in [6, 6.07) is 16.6. The van der Waals surface area contributed by atoms with Gasteiger partial charge in [-0.3, -0.25) is 39.0 Å². The predicted molar refractivity (Wildman–Crippen MR) is 217 cm³/mol. The molecule has 5 aliphatic rings. The van der Waals surface area contributed by atoms with Crippen molar-refractivity contribution in [1.82, 2.24) is 25.8 Å². The highest BCUT2D eigenvalue weighted by Gasteiger charge is 2.67. The highest BCUT2D eigenvalue weighted by atomic mass is 35.5. The summed E-state index contributed by atoms with van der Waals surface area (Å²) < 4.78 is 6.44. The Hall–Kier alpha value is -5.78. The zero-order valence-corrected chi connectivity index (χ0v) is 34.2. The topological polar surface area (TPSA) is 181 Å². The maximum atomic E-state index is 13.8. The Kier molecular flexibility index (Phi) is 10.2. The van der Waals surface area contributed by atoms with Crippen LogP contribution in [-0.4, -0.2) is 95.7 Å². The Labute approximate surface area is 347 Å². The maximum absolute atomic E-state index is 13.8. The molecule has 4 aliphatic heterocycles. The molecule has 0 bridgehead atoms. The largest absolute Gasteiger partial charge is 0.489 e. The molecule has 3 aromatic rings. The second kappa shape index (κ2) is 15.1. The van der Waals surface area contributed by atoms with Gasteiger partial charge in [-0.15, -0.1) is 0 Å². The molecule has 6 amide bonds. The fourth-order valence-electron chi connectivity index (χ4n) is 10.3. The van der Waals surface area contributed by atoms with Gasteiger partial charge in [0.15, 0.2) is 0 Å². The number of halogens is 1. The van der Waals surface area contributed by atoms with E-state index in [1.165, 1.54) is 0 Å². The molecule has 4 heterocycles. The van der Waals surface area contributed by atoms with Gasteiger partial charge in [-0.25, -0.2) is 0 Å². The van der Waals surface area contributed by atoms with Crippen LogP contribution in [0, 0.1) is 22.2 Å². The van der Waals surface area contributed by atoms with Gasteiger partial charge in [0, 0.05) is 84.9 Å². The van der Waals surface area contributed by atoms with E-state index in [1.807, 2.05) is 17.0 Å². The van der Waals surface area contributed by atoms with Crippen LogP contribution in [-0.2, 0) is 16.1 Å². The van der Waals surface area contributed by atoms with Crippen molar-refractivity contribution in [2.75, 3.05) is 31.1 Å². The lowest BCUT2D eigenvalue weighted by Crippen LogP contribution is -2.74. The third-order valence-electron chi connectivity index (χ3n) is 12.7. The van der Waals surface area contributed by atoms with E-state index in [0.717, 1.165) is 42.1 Å². The lowest BCUT2D eigenvalue weighted by Gasteiger charge is -2.65. The zero-order chi connectivity index (χ0) is 42.0. The zero-order valence-electron chi connectivity index (χ0n) is 33.4. The monoisotopic (exact) mass is 819 g/mol. The summed E-state index contributed by atoms with van der Waals surface area (Å²) in [5, 5.41) is 18.3. The first-order chi connectivity index (χ1) is 28.1. The Morgan fingerprint density at radius 2 is 1.59 bits per heavy atom. The molecule has 8 rings (SSSR count). The number of amides is 6. The van der Waals surface area contributed by atoms with Crippen molar-refractivity contribution in [3.8, 4) is 11.8 Å². The number of nitriles is 1. The molecule has 306 valence electrons. The number of imide groups is 2. The third-order valence-corrected chi connectivity index (χ3v) is 13.0. The first-order valence-corrected chi connectivity index (χ1v) is 20.4. The van der Waals surface area contributed by atoms with Crippen molar-refractivity contribution in [2.45, 2.75) is 84.2 Å². The summed E-state index contributed by atoms with van der Waals surface area (Å²) in [7, 11) is 0. The van der Waals surface area contributed by atoms with Crippen LogP contribution in [0.2, 0.25) is 5.02 Å². The average Bonchev–Trinajstić information content (AvgIpc) is 3.65. The number of carbonyl (C=O) groups excluding carboxylic acids is 6. The summed E-state index contributed by atoms with van der Waals surface area (Å²) in [5.41, 5.74) is 2.81. The Bertz CT molecular complexity index is 2330. The van der Waals surface area contributed by atoms with Crippen LogP contribution in [0.3, 0.4) is 0 Å². The molecule has 1 unspecified atom stereocenters. The fraction of sp³-hybridized carbons (Fsp3) is 0.432. The molecule has 3 N–H and O–H groups in total. The minimum absolute atomic E-state index is 0.0654. The van der Waals surface area contributed by atoms with E-state index in [1.54, 1.807) is 42.5 Å². The number of nitrogens with one attached hydrogen (secondary N) is 3. The highest BCUT2D eigenvalue weighted by molar-refractivity contribution is 6.31. The fourth-order valence-corrected chi connectivity index (χ4v) is 10.5. The molecular formula is C44H46ClN7O7. The van der Waals surface area contributed by atoms with Gasteiger partial charge in [0.25, 0.3) is 23.6 Å². The summed E-state index contributed by atoms with van der Waals surface area (Å²) in [6.07, 6.45) is 1.62. The average molecular weight is 820 g/mol. The van der Waals surface area contributed by atoms with Gasteiger partial charge in [-0.1, -0.05) is 39.3 Å². The van der Waals surface area contributed by atoms with E-state index in [0.29, 0.717) is 47.1 Å². The van der Waals surface area contributed by atoms with Gasteiger partial charge in [0.05, 0.1) is 21.7 Å². The van der Waals surface area contributed by atoms with Crippen LogP contribution in [0.1, 0.15) is 106 Å². The van der Waals surface area contributed by atoms with Gasteiger partial charge in [-0.05, 0) is 73.4 Å². The number of ether oxygens (including phenoxy) is 1. The number of hydrogen-bond acceptors (Lipinski definition) is 10. The van der Waals surface area contributed by atoms with E-state index in [4.69, 9.17) is 16.3 Å². The minimum Gasteiger partial charge on any atom is -0.489 e. The molecule has 0 aromatic heterocycles. The van der Waals surface area contributed by atoms with Crippen molar-refractivity contribution in [3.05, 3.63) is 93.0 Å². The molecule has 1 atom stereocenters. The molecule has 0 radical (unpaired) electrons. The molecule has 1 aliphatic carbocycles.